The first kappa shape index (κ1) is 16.1. The number of aromatic nitrogens is 2. The minimum atomic E-state index is -0.000554. The first-order valence-corrected chi connectivity index (χ1v) is 8.15. The van der Waals surface area contributed by atoms with Crippen molar-refractivity contribution in [1.29, 1.82) is 0 Å². The highest BCUT2D eigenvalue weighted by Gasteiger charge is 2.17. The first-order chi connectivity index (χ1) is 11.7. The molecule has 2 heterocycles. The first-order valence-electron chi connectivity index (χ1n) is 8.15. The monoisotopic (exact) mass is 323 g/mol. The molecule has 1 aromatic carbocycles. The number of ether oxygens (including phenoxy) is 1. The van der Waals surface area contributed by atoms with Crippen molar-refractivity contribution in [2.75, 3.05) is 13.2 Å². The van der Waals surface area contributed by atoms with Gasteiger partial charge in [0, 0.05) is 37.2 Å². The van der Waals surface area contributed by atoms with Crippen LogP contribution in [0.1, 0.15) is 29.8 Å². The summed E-state index contributed by atoms with van der Waals surface area (Å²) in [5.74, 6) is 0.829. The van der Waals surface area contributed by atoms with E-state index >= 15 is 0 Å². The summed E-state index contributed by atoms with van der Waals surface area (Å²) >= 11 is 0. The van der Waals surface area contributed by atoms with Crippen LogP contribution in [0.2, 0.25) is 0 Å². The molecule has 5 heteroatoms. The maximum Gasteiger partial charge on any atom is 0.255 e. The number of nitrogens with zero attached hydrogens (tertiary/aromatic N) is 3. The highest BCUT2D eigenvalue weighted by Crippen LogP contribution is 2.21. The van der Waals surface area contributed by atoms with Crippen LogP contribution in [0.25, 0.3) is 5.65 Å². The lowest BCUT2D eigenvalue weighted by Crippen LogP contribution is -2.30. The Kier molecular flexibility index (Phi) is 4.79. The highest BCUT2D eigenvalue weighted by molar-refractivity contribution is 5.94. The van der Waals surface area contributed by atoms with Gasteiger partial charge in [-0.1, -0.05) is 18.2 Å². The number of carbonyl (C=O) groups is 1. The van der Waals surface area contributed by atoms with Crippen molar-refractivity contribution in [3.63, 3.8) is 0 Å². The number of hydrogen-bond acceptors (Lipinski definition) is 3. The molecule has 0 saturated carbocycles. The minimum absolute atomic E-state index is 0.000554. The van der Waals surface area contributed by atoms with Crippen LogP contribution in [0.3, 0.4) is 0 Å². The summed E-state index contributed by atoms with van der Waals surface area (Å²) in [6.07, 6.45) is 5.38. The second kappa shape index (κ2) is 7.17. The zero-order valence-electron chi connectivity index (χ0n) is 14.0. The van der Waals surface area contributed by atoms with Gasteiger partial charge in [-0.3, -0.25) is 4.79 Å². The van der Waals surface area contributed by atoms with Gasteiger partial charge in [0.05, 0.1) is 12.2 Å². The molecule has 0 bridgehead atoms. The van der Waals surface area contributed by atoms with Crippen LogP contribution in [-0.2, 0) is 6.54 Å². The number of carbonyl (C=O) groups excluding carboxylic acids is 1. The average Bonchev–Trinajstić information content (AvgIpc) is 3.08. The van der Waals surface area contributed by atoms with Crippen molar-refractivity contribution in [3.05, 3.63) is 66.1 Å². The molecule has 3 rings (SSSR count). The van der Waals surface area contributed by atoms with Crippen LogP contribution in [0.4, 0.5) is 0 Å². The van der Waals surface area contributed by atoms with Crippen molar-refractivity contribution in [3.8, 4) is 5.75 Å². The Bertz CT molecular complexity index is 841. The van der Waals surface area contributed by atoms with Crippen LogP contribution >= 0.6 is 0 Å². The topological polar surface area (TPSA) is 46.8 Å². The highest BCUT2D eigenvalue weighted by atomic mass is 16.5. The molecule has 124 valence electrons. The number of pyridine rings is 1. The molecule has 2 aromatic heterocycles. The SMILES string of the molecule is CCOc1ccccc1CN(CC)C(=O)c1ccc2nccn2c1. The molecule has 0 unspecified atom stereocenters. The minimum Gasteiger partial charge on any atom is -0.494 e. The van der Waals surface area contributed by atoms with Crippen molar-refractivity contribution in [1.82, 2.24) is 14.3 Å². The number of amides is 1. The van der Waals surface area contributed by atoms with E-state index in [2.05, 4.69) is 4.98 Å². The van der Waals surface area contributed by atoms with E-state index in [1.54, 1.807) is 6.20 Å². The molecule has 0 aliphatic carbocycles. The van der Waals surface area contributed by atoms with Crippen LogP contribution in [-0.4, -0.2) is 33.3 Å². The summed E-state index contributed by atoms with van der Waals surface area (Å²) in [6, 6.07) is 11.5. The molecular formula is C19H21N3O2. The smallest absolute Gasteiger partial charge is 0.255 e. The number of rotatable bonds is 6. The molecule has 0 N–H and O–H groups in total. The normalized spacial score (nSPS) is 10.8. The van der Waals surface area contributed by atoms with Crippen molar-refractivity contribution in [2.24, 2.45) is 0 Å². The maximum atomic E-state index is 12.9. The van der Waals surface area contributed by atoms with Crippen LogP contribution < -0.4 is 4.74 Å². The molecule has 0 atom stereocenters. The molecule has 5 nitrogen and oxygen atoms in total. The number of fused-ring (bicyclic) bond motifs is 1. The predicted octanol–water partition coefficient (Wildman–Crippen LogP) is 3.40. The number of para-hydroxylation sites is 1. The summed E-state index contributed by atoms with van der Waals surface area (Å²) in [7, 11) is 0. The molecule has 3 aromatic rings. The van der Waals surface area contributed by atoms with Gasteiger partial charge in [0.1, 0.15) is 11.4 Å². The standard InChI is InChI=1S/C19H21N3O2/c1-3-21(13-15-7-5-6-8-17(15)24-4-2)19(23)16-9-10-18-20-11-12-22(18)14-16/h5-12,14H,3-4,13H2,1-2H3. The van der Waals surface area contributed by atoms with Gasteiger partial charge >= 0.3 is 0 Å². The summed E-state index contributed by atoms with van der Waals surface area (Å²) in [4.78, 5) is 18.9. The Morgan fingerprint density at radius 3 is 2.83 bits per heavy atom. The van der Waals surface area contributed by atoms with Gasteiger partial charge in [-0.05, 0) is 32.0 Å². The summed E-state index contributed by atoms with van der Waals surface area (Å²) in [6.45, 7) is 5.69. The molecule has 0 spiro atoms. The second-order valence-electron chi connectivity index (χ2n) is 5.47. The largest absolute Gasteiger partial charge is 0.494 e. The molecular weight excluding hydrogens is 302 g/mol. The molecule has 24 heavy (non-hydrogen) atoms. The predicted molar refractivity (Wildman–Crippen MR) is 93.2 cm³/mol. The molecule has 0 saturated heterocycles. The Labute approximate surface area is 141 Å². The van der Waals surface area contributed by atoms with Crippen LogP contribution in [0.5, 0.6) is 5.75 Å². The quantitative estimate of drug-likeness (QED) is 0.698. The molecule has 0 fully saturated rings. The molecule has 0 radical (unpaired) electrons. The van der Waals surface area contributed by atoms with Gasteiger partial charge in [0.15, 0.2) is 0 Å². The zero-order chi connectivity index (χ0) is 16.9. The Balaban J connectivity index is 1.84. The fraction of sp³-hybridized carbons (Fsp3) is 0.263. The Morgan fingerprint density at radius 1 is 1.21 bits per heavy atom. The van der Waals surface area contributed by atoms with E-state index in [-0.39, 0.29) is 5.91 Å². The van der Waals surface area contributed by atoms with Crippen molar-refractivity contribution < 1.29 is 9.53 Å². The summed E-state index contributed by atoms with van der Waals surface area (Å²) < 4.78 is 7.52. The van der Waals surface area contributed by atoms with E-state index in [0.717, 1.165) is 17.0 Å². The third-order valence-electron chi connectivity index (χ3n) is 3.94. The Morgan fingerprint density at radius 2 is 2.04 bits per heavy atom. The lowest BCUT2D eigenvalue weighted by molar-refractivity contribution is 0.0751. The van der Waals surface area contributed by atoms with Crippen LogP contribution in [0.15, 0.2) is 55.0 Å². The van der Waals surface area contributed by atoms with Crippen molar-refractivity contribution in [2.45, 2.75) is 20.4 Å². The fourth-order valence-electron chi connectivity index (χ4n) is 2.69. The summed E-state index contributed by atoms with van der Waals surface area (Å²) in [5, 5.41) is 0. The van der Waals surface area contributed by atoms with E-state index < -0.39 is 0 Å². The summed E-state index contributed by atoms with van der Waals surface area (Å²) in [5.41, 5.74) is 2.49. The second-order valence-corrected chi connectivity index (χ2v) is 5.47. The number of benzene rings is 1. The lowest BCUT2D eigenvalue weighted by atomic mass is 10.1. The fourth-order valence-corrected chi connectivity index (χ4v) is 2.69. The van der Waals surface area contributed by atoms with Gasteiger partial charge in [0.25, 0.3) is 5.91 Å². The molecule has 0 aliphatic heterocycles. The Hall–Kier alpha value is -2.82. The number of hydrogen-bond donors (Lipinski definition) is 0. The van der Waals surface area contributed by atoms with E-state index in [1.165, 1.54) is 0 Å². The zero-order valence-corrected chi connectivity index (χ0v) is 14.0. The van der Waals surface area contributed by atoms with E-state index in [0.29, 0.717) is 25.3 Å². The van der Waals surface area contributed by atoms with E-state index in [9.17, 15) is 4.79 Å². The van der Waals surface area contributed by atoms with Gasteiger partial charge in [-0.15, -0.1) is 0 Å². The van der Waals surface area contributed by atoms with E-state index in [1.807, 2.05) is 71.9 Å². The average molecular weight is 323 g/mol. The van der Waals surface area contributed by atoms with Gasteiger partial charge < -0.3 is 14.0 Å². The number of imidazole rings is 1. The molecule has 1 amide bonds. The van der Waals surface area contributed by atoms with Crippen molar-refractivity contribution >= 4 is 11.6 Å². The molecule has 0 aliphatic rings. The van der Waals surface area contributed by atoms with Crippen LogP contribution in [0, 0.1) is 0 Å². The third-order valence-corrected chi connectivity index (χ3v) is 3.94. The van der Waals surface area contributed by atoms with Gasteiger partial charge in [-0.25, -0.2) is 4.98 Å². The maximum absolute atomic E-state index is 12.9. The lowest BCUT2D eigenvalue weighted by Gasteiger charge is -2.22. The van der Waals surface area contributed by atoms with Gasteiger partial charge in [-0.2, -0.15) is 0 Å². The van der Waals surface area contributed by atoms with E-state index in [4.69, 9.17) is 4.74 Å². The third kappa shape index (κ3) is 3.25. The van der Waals surface area contributed by atoms with Gasteiger partial charge in [0.2, 0.25) is 0 Å².